The normalized spacial score (nSPS) is 19.4. The van der Waals surface area contributed by atoms with Gasteiger partial charge in [0.25, 0.3) is 10.2 Å². The maximum Gasteiger partial charge on any atom is 0.280 e. The Kier molecular flexibility index (Phi) is 4.79. The van der Waals surface area contributed by atoms with Crippen molar-refractivity contribution in [3.63, 3.8) is 0 Å². The van der Waals surface area contributed by atoms with E-state index in [9.17, 15) is 8.42 Å². The summed E-state index contributed by atoms with van der Waals surface area (Å²) in [7, 11) is -3.53. The molecule has 3 rings (SSSR count). The van der Waals surface area contributed by atoms with Gasteiger partial charge in [-0.3, -0.25) is 0 Å². The zero-order chi connectivity index (χ0) is 16.3. The summed E-state index contributed by atoms with van der Waals surface area (Å²) in [6.45, 7) is 2.58. The number of nitrogens with one attached hydrogen (secondary N) is 1. The average molecular weight is 340 g/mol. The first-order valence-corrected chi connectivity index (χ1v) is 9.09. The van der Waals surface area contributed by atoms with Crippen LogP contribution in [-0.4, -0.2) is 36.0 Å². The number of rotatable bonds is 7. The minimum atomic E-state index is -3.53. The van der Waals surface area contributed by atoms with Gasteiger partial charge in [0, 0.05) is 19.5 Å². The molecule has 126 valence electrons. The van der Waals surface area contributed by atoms with Crippen molar-refractivity contribution < 1.29 is 17.4 Å². The lowest BCUT2D eigenvalue weighted by Crippen LogP contribution is -2.40. The first-order valence-electron chi connectivity index (χ1n) is 7.65. The van der Waals surface area contributed by atoms with Crippen LogP contribution in [0.2, 0.25) is 0 Å². The van der Waals surface area contributed by atoms with Gasteiger partial charge < -0.3 is 8.94 Å². The van der Waals surface area contributed by atoms with Crippen LogP contribution < -0.4 is 4.72 Å². The molecule has 0 bridgehead atoms. The minimum absolute atomic E-state index is 0.221. The van der Waals surface area contributed by atoms with Crippen molar-refractivity contribution in [2.24, 2.45) is 0 Å². The van der Waals surface area contributed by atoms with Crippen LogP contribution in [0.3, 0.4) is 0 Å². The Bertz CT molecular complexity index is 726. The third-order valence-electron chi connectivity index (χ3n) is 3.81. The molecule has 1 saturated heterocycles. The van der Waals surface area contributed by atoms with Gasteiger partial charge in [-0.05, 0) is 38.3 Å². The van der Waals surface area contributed by atoms with E-state index in [0.29, 0.717) is 43.4 Å². The Hall–Kier alpha value is -1.71. The largest absolute Gasteiger partial charge is 0.468 e. The predicted molar refractivity (Wildman–Crippen MR) is 81.7 cm³/mol. The van der Waals surface area contributed by atoms with Crippen LogP contribution in [0.4, 0.5) is 0 Å². The summed E-state index contributed by atoms with van der Waals surface area (Å²) >= 11 is 0. The highest BCUT2D eigenvalue weighted by molar-refractivity contribution is 7.87. The van der Waals surface area contributed by atoms with Crippen molar-refractivity contribution in [1.29, 1.82) is 0 Å². The van der Waals surface area contributed by atoms with Gasteiger partial charge in [-0.2, -0.15) is 17.7 Å². The third-order valence-corrected chi connectivity index (χ3v) is 5.43. The molecule has 8 nitrogen and oxygen atoms in total. The topological polar surface area (TPSA) is 101 Å². The summed E-state index contributed by atoms with van der Waals surface area (Å²) in [6.07, 6.45) is 4.31. The van der Waals surface area contributed by atoms with Crippen LogP contribution in [0.1, 0.15) is 42.8 Å². The fourth-order valence-corrected chi connectivity index (χ4v) is 4.24. The van der Waals surface area contributed by atoms with Crippen LogP contribution in [-0.2, 0) is 16.6 Å². The quantitative estimate of drug-likeness (QED) is 0.768. The molecule has 0 amide bonds. The van der Waals surface area contributed by atoms with Gasteiger partial charge >= 0.3 is 0 Å². The lowest BCUT2D eigenvalue weighted by Gasteiger charge is -2.22. The Morgan fingerprint density at radius 2 is 2.35 bits per heavy atom. The highest BCUT2D eigenvalue weighted by atomic mass is 32.2. The van der Waals surface area contributed by atoms with E-state index in [1.807, 2.05) is 6.07 Å². The van der Waals surface area contributed by atoms with Gasteiger partial charge in [0.2, 0.25) is 5.89 Å². The van der Waals surface area contributed by atoms with Crippen molar-refractivity contribution in [2.75, 3.05) is 13.1 Å². The van der Waals surface area contributed by atoms with Gasteiger partial charge in [-0.25, -0.2) is 4.72 Å². The van der Waals surface area contributed by atoms with Gasteiger partial charge in [0.05, 0.1) is 12.3 Å². The molecule has 1 fully saturated rings. The zero-order valence-electron chi connectivity index (χ0n) is 12.9. The molecule has 1 N–H and O–H groups in total. The second kappa shape index (κ2) is 6.81. The first kappa shape index (κ1) is 16.2. The van der Waals surface area contributed by atoms with Gasteiger partial charge in [-0.1, -0.05) is 5.16 Å². The van der Waals surface area contributed by atoms with E-state index in [4.69, 9.17) is 8.94 Å². The molecule has 1 aliphatic rings. The smallest absolute Gasteiger partial charge is 0.280 e. The molecule has 0 saturated carbocycles. The van der Waals surface area contributed by atoms with Crippen LogP contribution >= 0.6 is 0 Å². The second-order valence-corrected chi connectivity index (χ2v) is 7.23. The van der Waals surface area contributed by atoms with Crippen LogP contribution in [0.5, 0.6) is 0 Å². The average Bonchev–Trinajstić information content (AvgIpc) is 3.24. The van der Waals surface area contributed by atoms with Gasteiger partial charge in [0.15, 0.2) is 5.82 Å². The zero-order valence-corrected chi connectivity index (χ0v) is 13.8. The van der Waals surface area contributed by atoms with E-state index >= 15 is 0 Å². The summed E-state index contributed by atoms with van der Waals surface area (Å²) in [5.41, 5.74) is 0. The molecular formula is C14H20N4O4S. The Balaban J connectivity index is 1.54. The molecule has 2 aromatic rings. The summed E-state index contributed by atoms with van der Waals surface area (Å²) < 4.78 is 39.4. The number of aryl methyl sites for hydroxylation is 2. The molecule has 0 unspecified atom stereocenters. The molecule has 0 spiro atoms. The summed E-state index contributed by atoms with van der Waals surface area (Å²) in [5.74, 6) is 1.80. The van der Waals surface area contributed by atoms with Crippen molar-refractivity contribution in [3.05, 3.63) is 35.9 Å². The van der Waals surface area contributed by atoms with Crippen molar-refractivity contribution in [2.45, 2.75) is 38.6 Å². The second-order valence-electron chi connectivity index (χ2n) is 5.52. The summed E-state index contributed by atoms with van der Waals surface area (Å²) in [5, 5.41) is 3.70. The lowest BCUT2D eigenvalue weighted by molar-refractivity contribution is 0.335. The molecule has 0 aliphatic carbocycles. The van der Waals surface area contributed by atoms with E-state index in [1.165, 1.54) is 4.31 Å². The number of aromatic nitrogens is 2. The van der Waals surface area contributed by atoms with E-state index < -0.39 is 10.2 Å². The fraction of sp³-hybridized carbons (Fsp3) is 0.571. The van der Waals surface area contributed by atoms with Crippen LogP contribution in [0, 0.1) is 6.92 Å². The molecule has 0 aromatic carbocycles. The summed E-state index contributed by atoms with van der Waals surface area (Å²) in [4.78, 5) is 4.09. The van der Waals surface area contributed by atoms with Gasteiger partial charge in [0.1, 0.15) is 5.76 Å². The van der Waals surface area contributed by atoms with Gasteiger partial charge in [-0.15, -0.1) is 0 Å². The maximum absolute atomic E-state index is 12.5. The number of nitrogens with zero attached hydrogens (tertiary/aromatic N) is 3. The van der Waals surface area contributed by atoms with E-state index in [0.717, 1.165) is 12.8 Å². The lowest BCUT2D eigenvalue weighted by atomic mass is 10.2. The molecule has 1 atom stereocenters. The maximum atomic E-state index is 12.5. The molecule has 2 aromatic heterocycles. The first-order chi connectivity index (χ1) is 11.1. The summed E-state index contributed by atoms with van der Waals surface area (Å²) in [6, 6.07) is 3.37. The Morgan fingerprint density at radius 3 is 3.04 bits per heavy atom. The van der Waals surface area contributed by atoms with Crippen LogP contribution in [0.25, 0.3) is 0 Å². The molecule has 1 aliphatic heterocycles. The van der Waals surface area contributed by atoms with Crippen LogP contribution in [0.15, 0.2) is 27.3 Å². The molecule has 0 radical (unpaired) electrons. The van der Waals surface area contributed by atoms with E-state index in [2.05, 4.69) is 14.9 Å². The van der Waals surface area contributed by atoms with Crippen molar-refractivity contribution in [1.82, 2.24) is 19.2 Å². The highest BCUT2D eigenvalue weighted by Crippen LogP contribution is 2.33. The molecule has 3 heterocycles. The molecule has 9 heteroatoms. The Labute approximate surface area is 135 Å². The fourth-order valence-electron chi connectivity index (χ4n) is 2.76. The monoisotopic (exact) mass is 340 g/mol. The Morgan fingerprint density at radius 1 is 1.48 bits per heavy atom. The highest BCUT2D eigenvalue weighted by Gasteiger charge is 2.36. The molecular weight excluding hydrogens is 320 g/mol. The predicted octanol–water partition coefficient (Wildman–Crippen LogP) is 1.58. The SMILES string of the molecule is Cc1noc(CCCNS(=O)(=O)N2CCC[C@@H]2c2ccco2)n1. The van der Waals surface area contributed by atoms with E-state index in [-0.39, 0.29) is 6.04 Å². The third kappa shape index (κ3) is 3.80. The number of hydrogen-bond donors (Lipinski definition) is 1. The van der Waals surface area contributed by atoms with E-state index in [1.54, 1.807) is 19.3 Å². The minimum Gasteiger partial charge on any atom is -0.468 e. The number of hydrogen-bond acceptors (Lipinski definition) is 6. The molecule has 23 heavy (non-hydrogen) atoms. The number of furan rings is 1. The van der Waals surface area contributed by atoms with Crippen molar-refractivity contribution >= 4 is 10.2 Å². The van der Waals surface area contributed by atoms with Crippen molar-refractivity contribution in [3.8, 4) is 0 Å². The standard InChI is InChI=1S/C14H20N4O4S/c1-11-16-14(22-17-11)7-2-8-15-23(19,20)18-9-3-5-12(18)13-6-4-10-21-13/h4,6,10,12,15H,2-3,5,7-9H2,1H3/t12-/m1/s1.